The van der Waals surface area contributed by atoms with Crippen LogP contribution in [0, 0.1) is 0 Å². The van der Waals surface area contributed by atoms with Crippen LogP contribution in [0.4, 0.5) is 5.69 Å². The summed E-state index contributed by atoms with van der Waals surface area (Å²) in [5, 5.41) is 4.22. The van der Waals surface area contributed by atoms with Crippen molar-refractivity contribution in [1.29, 1.82) is 0 Å². The molecule has 3 N–H and O–H groups in total. The van der Waals surface area contributed by atoms with Gasteiger partial charge in [0.1, 0.15) is 0 Å². The van der Waals surface area contributed by atoms with Gasteiger partial charge in [0.25, 0.3) is 0 Å². The van der Waals surface area contributed by atoms with Gasteiger partial charge in [0.05, 0.1) is 0 Å². The van der Waals surface area contributed by atoms with Crippen LogP contribution in [0.1, 0.15) is 24.8 Å². The Morgan fingerprint density at radius 1 is 1.43 bits per heavy atom. The third-order valence-corrected chi connectivity index (χ3v) is 3.11. The second-order valence-corrected chi connectivity index (χ2v) is 4.19. The molecule has 2 nitrogen and oxygen atoms in total. The zero-order chi connectivity index (χ0) is 9.97. The molecule has 0 aliphatic heterocycles. The Hall–Kier alpha value is -0.730. The van der Waals surface area contributed by atoms with E-state index >= 15 is 0 Å². The highest BCUT2D eigenvalue weighted by Gasteiger charge is 2.16. The maximum absolute atomic E-state index is 5.97. The van der Waals surface area contributed by atoms with Gasteiger partial charge in [-0.1, -0.05) is 11.6 Å². The van der Waals surface area contributed by atoms with Crippen molar-refractivity contribution in [2.24, 2.45) is 5.73 Å². The highest BCUT2D eigenvalue weighted by molar-refractivity contribution is 6.31. The smallest absolute Gasteiger partial charge is 0.0452 e. The van der Waals surface area contributed by atoms with Crippen LogP contribution in [-0.2, 0) is 6.54 Å². The van der Waals surface area contributed by atoms with E-state index in [1.54, 1.807) is 0 Å². The molecule has 76 valence electrons. The molecule has 0 spiro atoms. The molecule has 0 atom stereocenters. The van der Waals surface area contributed by atoms with Crippen LogP contribution in [0.2, 0.25) is 5.02 Å². The van der Waals surface area contributed by atoms with E-state index in [0.29, 0.717) is 12.6 Å². The third kappa shape index (κ3) is 2.02. The SMILES string of the molecule is NCc1cc(NC2CCC2)ccc1Cl. The molecule has 1 aliphatic rings. The highest BCUT2D eigenvalue weighted by atomic mass is 35.5. The Bertz CT molecular complexity index is 321. The van der Waals surface area contributed by atoms with E-state index in [1.165, 1.54) is 19.3 Å². The summed E-state index contributed by atoms with van der Waals surface area (Å²) in [6.07, 6.45) is 3.90. The maximum Gasteiger partial charge on any atom is 0.0452 e. The fourth-order valence-corrected chi connectivity index (χ4v) is 1.80. The Morgan fingerprint density at radius 2 is 2.21 bits per heavy atom. The third-order valence-electron chi connectivity index (χ3n) is 2.74. The first-order valence-corrected chi connectivity index (χ1v) is 5.42. The van der Waals surface area contributed by atoms with Gasteiger partial charge in [-0.05, 0) is 43.0 Å². The summed E-state index contributed by atoms with van der Waals surface area (Å²) in [6.45, 7) is 0.499. The molecular weight excluding hydrogens is 196 g/mol. The monoisotopic (exact) mass is 210 g/mol. The summed E-state index contributed by atoms with van der Waals surface area (Å²) in [6, 6.07) is 6.62. The van der Waals surface area contributed by atoms with Gasteiger partial charge in [0.15, 0.2) is 0 Å². The zero-order valence-electron chi connectivity index (χ0n) is 8.09. The molecule has 0 unspecified atom stereocenters. The lowest BCUT2D eigenvalue weighted by Gasteiger charge is -2.27. The summed E-state index contributed by atoms with van der Waals surface area (Å²) in [4.78, 5) is 0. The standard InChI is InChI=1S/C11H15ClN2/c12-11-5-4-10(6-8(11)7-13)14-9-2-1-3-9/h4-6,9,14H,1-3,7,13H2. The van der Waals surface area contributed by atoms with Crippen molar-refractivity contribution in [3.8, 4) is 0 Å². The normalized spacial score (nSPS) is 16.4. The van der Waals surface area contributed by atoms with Crippen LogP contribution < -0.4 is 11.1 Å². The van der Waals surface area contributed by atoms with Gasteiger partial charge in [-0.2, -0.15) is 0 Å². The fraction of sp³-hybridized carbons (Fsp3) is 0.455. The van der Waals surface area contributed by atoms with Crippen LogP contribution in [-0.4, -0.2) is 6.04 Å². The van der Waals surface area contributed by atoms with Gasteiger partial charge in [0.2, 0.25) is 0 Å². The number of anilines is 1. The minimum atomic E-state index is 0.499. The van der Waals surface area contributed by atoms with Crippen molar-refractivity contribution in [2.45, 2.75) is 31.8 Å². The molecule has 1 aromatic carbocycles. The Kier molecular flexibility index (Phi) is 2.94. The first-order valence-electron chi connectivity index (χ1n) is 5.04. The predicted molar refractivity (Wildman–Crippen MR) is 60.6 cm³/mol. The second-order valence-electron chi connectivity index (χ2n) is 3.78. The number of nitrogens with two attached hydrogens (primary N) is 1. The minimum absolute atomic E-state index is 0.499. The molecule has 1 fully saturated rings. The molecule has 0 saturated heterocycles. The number of benzene rings is 1. The van der Waals surface area contributed by atoms with Crippen molar-refractivity contribution in [3.63, 3.8) is 0 Å². The van der Waals surface area contributed by atoms with Gasteiger partial charge in [0, 0.05) is 23.3 Å². The molecule has 0 radical (unpaired) electrons. The zero-order valence-corrected chi connectivity index (χ0v) is 8.85. The lowest BCUT2D eigenvalue weighted by molar-refractivity contribution is 0.445. The first-order chi connectivity index (χ1) is 6.79. The second kappa shape index (κ2) is 4.20. The van der Waals surface area contributed by atoms with E-state index in [2.05, 4.69) is 5.32 Å². The van der Waals surface area contributed by atoms with Crippen molar-refractivity contribution in [3.05, 3.63) is 28.8 Å². The number of hydrogen-bond donors (Lipinski definition) is 2. The van der Waals surface area contributed by atoms with E-state index in [1.807, 2.05) is 18.2 Å². The van der Waals surface area contributed by atoms with Crippen LogP contribution in [0.25, 0.3) is 0 Å². The van der Waals surface area contributed by atoms with Crippen LogP contribution in [0.5, 0.6) is 0 Å². The van der Waals surface area contributed by atoms with Crippen molar-refractivity contribution < 1.29 is 0 Å². The van der Waals surface area contributed by atoms with E-state index in [-0.39, 0.29) is 0 Å². The molecule has 3 heteroatoms. The molecule has 0 heterocycles. The topological polar surface area (TPSA) is 38.0 Å². The lowest BCUT2D eigenvalue weighted by atomic mass is 9.93. The largest absolute Gasteiger partial charge is 0.382 e. The summed E-state index contributed by atoms with van der Waals surface area (Å²) in [5.74, 6) is 0. The van der Waals surface area contributed by atoms with Gasteiger partial charge in [-0.15, -0.1) is 0 Å². The summed E-state index contributed by atoms with van der Waals surface area (Å²) in [7, 11) is 0. The summed E-state index contributed by atoms with van der Waals surface area (Å²) >= 11 is 5.97. The van der Waals surface area contributed by atoms with E-state index in [9.17, 15) is 0 Å². The average Bonchev–Trinajstić information content (AvgIpc) is 2.14. The van der Waals surface area contributed by atoms with Crippen LogP contribution >= 0.6 is 11.6 Å². The number of nitrogens with one attached hydrogen (secondary N) is 1. The molecule has 0 amide bonds. The number of rotatable bonds is 3. The Morgan fingerprint density at radius 3 is 2.79 bits per heavy atom. The molecule has 2 rings (SSSR count). The molecular formula is C11H15ClN2. The maximum atomic E-state index is 5.97. The minimum Gasteiger partial charge on any atom is -0.382 e. The number of hydrogen-bond acceptors (Lipinski definition) is 2. The van der Waals surface area contributed by atoms with Gasteiger partial charge in [-0.25, -0.2) is 0 Å². The Balaban J connectivity index is 2.09. The van der Waals surface area contributed by atoms with Crippen molar-refractivity contribution in [1.82, 2.24) is 0 Å². The molecule has 1 saturated carbocycles. The van der Waals surface area contributed by atoms with Gasteiger partial charge >= 0.3 is 0 Å². The van der Waals surface area contributed by atoms with Gasteiger partial charge in [-0.3, -0.25) is 0 Å². The fourth-order valence-electron chi connectivity index (χ4n) is 1.61. The Labute approximate surface area is 89.4 Å². The predicted octanol–water partition coefficient (Wildman–Crippen LogP) is 2.76. The quantitative estimate of drug-likeness (QED) is 0.805. The van der Waals surface area contributed by atoms with Crippen molar-refractivity contribution >= 4 is 17.3 Å². The molecule has 1 aliphatic carbocycles. The first kappa shape index (κ1) is 9.81. The van der Waals surface area contributed by atoms with Crippen LogP contribution in [0.15, 0.2) is 18.2 Å². The van der Waals surface area contributed by atoms with E-state index in [0.717, 1.165) is 16.3 Å². The summed E-state index contributed by atoms with van der Waals surface area (Å²) in [5.41, 5.74) is 7.73. The summed E-state index contributed by atoms with van der Waals surface area (Å²) < 4.78 is 0. The lowest BCUT2D eigenvalue weighted by Crippen LogP contribution is -2.26. The molecule has 0 aromatic heterocycles. The van der Waals surface area contributed by atoms with E-state index in [4.69, 9.17) is 17.3 Å². The van der Waals surface area contributed by atoms with Crippen molar-refractivity contribution in [2.75, 3.05) is 5.32 Å². The molecule has 0 bridgehead atoms. The van der Waals surface area contributed by atoms with Gasteiger partial charge < -0.3 is 11.1 Å². The highest BCUT2D eigenvalue weighted by Crippen LogP contribution is 2.25. The number of halogens is 1. The molecule has 14 heavy (non-hydrogen) atoms. The van der Waals surface area contributed by atoms with Crippen LogP contribution in [0.3, 0.4) is 0 Å². The van der Waals surface area contributed by atoms with E-state index < -0.39 is 0 Å². The average molecular weight is 211 g/mol. The molecule has 1 aromatic rings.